The zero-order chi connectivity index (χ0) is 36.3. The van der Waals surface area contributed by atoms with E-state index in [0.29, 0.717) is 13.0 Å². The first-order chi connectivity index (χ1) is 23.7. The van der Waals surface area contributed by atoms with Crippen molar-refractivity contribution in [3.63, 3.8) is 0 Å². The van der Waals surface area contributed by atoms with Crippen LogP contribution in [0.15, 0.2) is 12.7 Å². The predicted octanol–water partition coefficient (Wildman–Crippen LogP) is 9.73. The summed E-state index contributed by atoms with van der Waals surface area (Å²) in [6, 6.07) is 0. The molecule has 0 rings (SSSR count). The van der Waals surface area contributed by atoms with Crippen LogP contribution < -0.4 is 0 Å². The molecule has 0 aliphatic rings. The van der Waals surface area contributed by atoms with Crippen molar-refractivity contribution < 1.29 is 47.1 Å². The van der Waals surface area contributed by atoms with E-state index in [-0.39, 0.29) is 25.4 Å². The lowest BCUT2D eigenvalue weighted by Crippen LogP contribution is -2.29. The van der Waals surface area contributed by atoms with Crippen LogP contribution in [0, 0.1) is 5.41 Å². The van der Waals surface area contributed by atoms with E-state index in [2.05, 4.69) is 18.0 Å². The van der Waals surface area contributed by atoms with Gasteiger partial charge in [-0.1, -0.05) is 142 Å². The molecule has 0 saturated carbocycles. The van der Waals surface area contributed by atoms with Crippen molar-refractivity contribution >= 4 is 31.9 Å². The molecule has 0 aromatic heterocycles. The smallest absolute Gasteiger partial charge is 0.463 e. The van der Waals surface area contributed by atoms with Crippen LogP contribution in [0.1, 0.15) is 167 Å². The van der Waals surface area contributed by atoms with Crippen molar-refractivity contribution in [1.29, 1.82) is 5.41 Å². The van der Waals surface area contributed by atoms with Gasteiger partial charge in [0.15, 0.2) is 6.10 Å². The molecule has 0 radical (unpaired) electrons. The summed E-state index contributed by atoms with van der Waals surface area (Å²) in [5.41, 5.74) is 0. The van der Waals surface area contributed by atoms with E-state index < -0.39 is 39.1 Å². The van der Waals surface area contributed by atoms with E-state index in [1.807, 2.05) is 0 Å². The maximum Gasteiger partial charge on any atom is 0.472 e. The first kappa shape index (κ1) is 46.9. The van der Waals surface area contributed by atoms with E-state index >= 15 is 0 Å². The molecule has 2 N–H and O–H groups in total. The number of carbonyl (C=O) groups is 3. The Kier molecular flexibility index (Phi) is 32.9. The highest BCUT2D eigenvalue weighted by molar-refractivity contribution is 7.47. The Morgan fingerprint density at radius 1 is 0.653 bits per heavy atom. The van der Waals surface area contributed by atoms with E-state index in [0.717, 1.165) is 83.3 Å². The molecule has 0 amide bonds. The van der Waals surface area contributed by atoms with Crippen LogP contribution in [-0.2, 0) is 42.2 Å². The second kappa shape index (κ2) is 34.4. The first-order valence-electron chi connectivity index (χ1n) is 19.0. The Hall–Kier alpha value is -2.07. The van der Waals surface area contributed by atoms with E-state index in [9.17, 15) is 23.8 Å². The van der Waals surface area contributed by atoms with Crippen molar-refractivity contribution in [2.75, 3.05) is 26.4 Å². The summed E-state index contributed by atoms with van der Waals surface area (Å²) >= 11 is 0. The highest BCUT2D eigenvalue weighted by Crippen LogP contribution is 2.43. The largest absolute Gasteiger partial charge is 0.472 e. The van der Waals surface area contributed by atoms with Gasteiger partial charge in [-0.2, -0.15) is 0 Å². The number of esters is 3. The normalized spacial score (nSPS) is 12.9. The topological polar surface area (TPSA) is 159 Å². The summed E-state index contributed by atoms with van der Waals surface area (Å²) < 4.78 is 37.3. The molecule has 0 aliphatic heterocycles. The number of carbonyl (C=O) groups excluding carboxylic acids is 3. The van der Waals surface area contributed by atoms with Gasteiger partial charge in [-0.15, -0.1) is 0 Å². The van der Waals surface area contributed by atoms with Gasteiger partial charge in [-0.05, 0) is 19.3 Å². The van der Waals surface area contributed by atoms with Crippen molar-refractivity contribution in [2.45, 2.75) is 174 Å². The molecule has 286 valence electrons. The van der Waals surface area contributed by atoms with Crippen LogP contribution in [0.2, 0.25) is 0 Å². The Bertz CT molecular complexity index is 900. The number of phosphoric ester groups is 1. The molecule has 0 spiro atoms. The molecule has 2 atom stereocenters. The molecule has 49 heavy (non-hydrogen) atoms. The molecule has 11 nitrogen and oxygen atoms in total. The zero-order valence-corrected chi connectivity index (χ0v) is 31.4. The molecule has 0 aliphatic carbocycles. The van der Waals surface area contributed by atoms with Crippen molar-refractivity contribution in [2.24, 2.45) is 0 Å². The average Bonchev–Trinajstić information content (AvgIpc) is 3.09. The van der Waals surface area contributed by atoms with Gasteiger partial charge in [0.2, 0.25) is 0 Å². The molecular weight excluding hydrogens is 649 g/mol. The lowest BCUT2D eigenvalue weighted by atomic mass is 10.0. The van der Waals surface area contributed by atoms with E-state index in [1.54, 1.807) is 0 Å². The van der Waals surface area contributed by atoms with Crippen LogP contribution in [0.25, 0.3) is 0 Å². The quantitative estimate of drug-likeness (QED) is 0.0158. The average molecular weight is 718 g/mol. The fraction of sp³-hybridized carbons (Fsp3) is 0.838. The highest BCUT2D eigenvalue weighted by atomic mass is 31.2. The molecule has 2 unspecified atom stereocenters. The monoisotopic (exact) mass is 717 g/mol. The SMILES string of the molecule is C=CC(=O)OCCCCCCCCCCCCC(=O)OC(COC(=O)CCCCCCCCCCCCCCC)COP(=O)(O)OCC=N. The summed E-state index contributed by atoms with van der Waals surface area (Å²) in [6.07, 6.45) is 27.1. The van der Waals surface area contributed by atoms with Crippen LogP contribution in [-0.4, -0.2) is 61.5 Å². The van der Waals surface area contributed by atoms with Crippen molar-refractivity contribution in [1.82, 2.24) is 0 Å². The maximum atomic E-state index is 12.5. The number of rotatable bonds is 37. The van der Waals surface area contributed by atoms with Crippen LogP contribution in [0.5, 0.6) is 0 Å². The number of ether oxygens (including phenoxy) is 3. The lowest BCUT2D eigenvalue weighted by Gasteiger charge is -2.19. The molecular formula is C37H68NO10P. The van der Waals surface area contributed by atoms with Gasteiger partial charge >= 0.3 is 25.7 Å². The maximum absolute atomic E-state index is 12.5. The Morgan fingerprint density at radius 2 is 1.10 bits per heavy atom. The van der Waals surface area contributed by atoms with Gasteiger partial charge in [-0.25, -0.2) is 9.36 Å². The minimum absolute atomic E-state index is 0.181. The minimum Gasteiger partial charge on any atom is -0.463 e. The second-order valence-electron chi connectivity index (χ2n) is 12.7. The van der Waals surface area contributed by atoms with Crippen LogP contribution in [0.4, 0.5) is 0 Å². The lowest BCUT2D eigenvalue weighted by molar-refractivity contribution is -0.161. The number of unbranched alkanes of at least 4 members (excludes halogenated alkanes) is 21. The fourth-order valence-corrected chi connectivity index (χ4v) is 5.96. The second-order valence-corrected chi connectivity index (χ2v) is 14.2. The standard InChI is InChI=1S/C37H68NO10P/c1-3-5-6-7-8-9-10-11-12-15-18-21-24-27-36(40)45-32-34(33-47-49(42,43)46-31-29-38)48-37(41)28-25-22-19-16-13-14-17-20-23-26-30-44-35(39)4-2/h4,29,34,38H,2-3,5-28,30-33H2,1H3,(H,42,43). The zero-order valence-electron chi connectivity index (χ0n) is 30.5. The summed E-state index contributed by atoms with van der Waals surface area (Å²) in [6.45, 7) is 4.88. The summed E-state index contributed by atoms with van der Waals surface area (Å²) in [7, 11) is -4.46. The van der Waals surface area contributed by atoms with Crippen molar-refractivity contribution in [3.05, 3.63) is 12.7 Å². The third kappa shape index (κ3) is 34.2. The van der Waals surface area contributed by atoms with E-state index in [1.165, 1.54) is 70.3 Å². The van der Waals surface area contributed by atoms with Gasteiger partial charge in [-0.3, -0.25) is 18.6 Å². The van der Waals surface area contributed by atoms with Crippen molar-refractivity contribution in [3.8, 4) is 0 Å². The van der Waals surface area contributed by atoms with Crippen LogP contribution >= 0.6 is 7.82 Å². The third-order valence-corrected chi connectivity index (χ3v) is 9.09. The number of hydrogen-bond donors (Lipinski definition) is 2. The van der Waals surface area contributed by atoms with Gasteiger partial charge in [0, 0.05) is 25.1 Å². The fourth-order valence-electron chi connectivity index (χ4n) is 5.27. The molecule has 0 aromatic rings. The number of hydrogen-bond acceptors (Lipinski definition) is 10. The summed E-state index contributed by atoms with van der Waals surface area (Å²) in [4.78, 5) is 45.6. The molecule has 0 heterocycles. The van der Waals surface area contributed by atoms with Gasteiger partial charge < -0.3 is 24.5 Å². The van der Waals surface area contributed by atoms with Gasteiger partial charge in [0.05, 0.1) is 19.8 Å². The number of nitrogens with one attached hydrogen (secondary N) is 1. The van der Waals surface area contributed by atoms with Crippen LogP contribution in [0.3, 0.4) is 0 Å². The summed E-state index contributed by atoms with van der Waals surface area (Å²) in [5.74, 6) is -1.28. The van der Waals surface area contributed by atoms with Gasteiger partial charge in [0.1, 0.15) is 6.61 Å². The van der Waals surface area contributed by atoms with Gasteiger partial charge in [0.25, 0.3) is 0 Å². The molecule has 12 heteroatoms. The molecule has 0 fully saturated rings. The summed E-state index contributed by atoms with van der Waals surface area (Å²) in [5, 5.41) is 6.96. The molecule has 0 bridgehead atoms. The molecule has 0 saturated heterocycles. The highest BCUT2D eigenvalue weighted by Gasteiger charge is 2.25. The number of phosphoric acid groups is 1. The predicted molar refractivity (Wildman–Crippen MR) is 194 cm³/mol. The minimum atomic E-state index is -4.46. The Morgan fingerprint density at radius 3 is 1.57 bits per heavy atom. The Labute approximate surface area is 296 Å². The third-order valence-electron chi connectivity index (χ3n) is 8.14. The molecule has 0 aromatic carbocycles. The first-order valence-corrected chi connectivity index (χ1v) is 20.5. The van der Waals surface area contributed by atoms with E-state index in [4.69, 9.17) is 24.1 Å². The Balaban J connectivity index is 4.18.